The first-order valence-electron chi connectivity index (χ1n) is 8.19. The largest absolute Gasteiger partial charge is 0.378 e. The van der Waals surface area contributed by atoms with Crippen molar-refractivity contribution >= 4 is 5.91 Å². The maximum Gasteiger partial charge on any atom is 0.346 e. The van der Waals surface area contributed by atoms with Crippen LogP contribution in [0.5, 0.6) is 0 Å². The minimum absolute atomic E-state index is 0.0359. The molecule has 1 saturated carbocycles. The summed E-state index contributed by atoms with van der Waals surface area (Å²) in [5, 5.41) is 4.42. The molecule has 1 aliphatic heterocycles. The Morgan fingerprint density at radius 1 is 1.29 bits per heavy atom. The molecule has 1 amide bonds. The third kappa shape index (κ3) is 2.84. The second kappa shape index (κ2) is 6.20. The Bertz CT molecular complexity index is 788. The first-order chi connectivity index (χ1) is 11.7. The average Bonchev–Trinajstić information content (AvgIpc) is 3.41. The molecule has 1 saturated heterocycles. The molecule has 4 rings (SSSR count). The number of ether oxygens (including phenoxy) is 1. The van der Waals surface area contributed by atoms with E-state index in [-0.39, 0.29) is 24.2 Å². The minimum atomic E-state index is -0.224. The average molecular weight is 329 g/mol. The number of pyridine rings is 1. The van der Waals surface area contributed by atoms with E-state index in [1.807, 2.05) is 12.1 Å². The van der Waals surface area contributed by atoms with Crippen LogP contribution in [0.1, 0.15) is 18.9 Å². The lowest BCUT2D eigenvalue weighted by Gasteiger charge is -2.26. The van der Waals surface area contributed by atoms with Crippen molar-refractivity contribution in [3.8, 4) is 11.4 Å². The highest BCUT2D eigenvalue weighted by molar-refractivity contribution is 5.76. The molecule has 0 unspecified atom stereocenters. The van der Waals surface area contributed by atoms with Crippen LogP contribution in [-0.2, 0) is 16.1 Å². The molecule has 1 aliphatic carbocycles. The Morgan fingerprint density at radius 3 is 2.75 bits per heavy atom. The van der Waals surface area contributed by atoms with Crippen LogP contribution in [-0.4, -0.2) is 56.4 Å². The van der Waals surface area contributed by atoms with Gasteiger partial charge in [-0.15, -0.1) is 5.10 Å². The molecule has 0 atom stereocenters. The summed E-state index contributed by atoms with van der Waals surface area (Å²) in [5.41, 5.74) is 0.567. The summed E-state index contributed by atoms with van der Waals surface area (Å²) in [6.45, 7) is 2.17. The van der Waals surface area contributed by atoms with Gasteiger partial charge in [0.1, 0.15) is 6.54 Å². The summed E-state index contributed by atoms with van der Waals surface area (Å²) in [7, 11) is 0. The van der Waals surface area contributed by atoms with Gasteiger partial charge in [0.05, 0.1) is 13.2 Å². The van der Waals surface area contributed by atoms with Gasteiger partial charge in [-0.1, -0.05) is 0 Å². The van der Waals surface area contributed by atoms with E-state index in [1.165, 1.54) is 4.68 Å². The summed E-state index contributed by atoms with van der Waals surface area (Å²) in [4.78, 5) is 30.9. The minimum Gasteiger partial charge on any atom is -0.378 e. The van der Waals surface area contributed by atoms with Crippen LogP contribution in [0.15, 0.2) is 29.3 Å². The van der Waals surface area contributed by atoms with Gasteiger partial charge in [0.25, 0.3) is 0 Å². The fraction of sp³-hybridized carbons (Fsp3) is 0.500. The molecule has 0 bridgehead atoms. The summed E-state index contributed by atoms with van der Waals surface area (Å²) in [6.07, 6.45) is 5.31. The number of morpholine rings is 1. The van der Waals surface area contributed by atoms with Crippen LogP contribution in [0.3, 0.4) is 0 Å². The summed E-state index contributed by atoms with van der Waals surface area (Å²) in [5.74, 6) is 0.490. The molecule has 8 heteroatoms. The number of amides is 1. The predicted molar refractivity (Wildman–Crippen MR) is 85.4 cm³/mol. The van der Waals surface area contributed by atoms with E-state index < -0.39 is 0 Å². The van der Waals surface area contributed by atoms with Crippen molar-refractivity contribution in [2.75, 3.05) is 26.3 Å². The molecule has 3 heterocycles. The molecule has 0 N–H and O–H groups in total. The molecule has 8 nitrogen and oxygen atoms in total. The number of carbonyl (C=O) groups excluding carboxylic acids is 1. The van der Waals surface area contributed by atoms with Crippen LogP contribution in [0.4, 0.5) is 0 Å². The van der Waals surface area contributed by atoms with E-state index in [4.69, 9.17) is 4.74 Å². The number of rotatable bonds is 4. The molecule has 2 aromatic heterocycles. The maximum atomic E-state index is 12.7. The number of hydrogen-bond donors (Lipinski definition) is 0. The zero-order valence-corrected chi connectivity index (χ0v) is 13.3. The SMILES string of the molecule is O=C(Cn1nc(-c2cccnc2)n(C2CC2)c1=O)N1CCOCC1. The highest BCUT2D eigenvalue weighted by Crippen LogP contribution is 2.36. The van der Waals surface area contributed by atoms with Crippen LogP contribution >= 0.6 is 0 Å². The van der Waals surface area contributed by atoms with Gasteiger partial charge >= 0.3 is 5.69 Å². The molecular formula is C16H19N5O3. The highest BCUT2D eigenvalue weighted by atomic mass is 16.5. The van der Waals surface area contributed by atoms with Crippen molar-refractivity contribution in [3.05, 3.63) is 35.0 Å². The topological polar surface area (TPSA) is 82.2 Å². The van der Waals surface area contributed by atoms with Crippen molar-refractivity contribution in [1.29, 1.82) is 0 Å². The molecule has 0 radical (unpaired) electrons. The lowest BCUT2D eigenvalue weighted by Crippen LogP contribution is -2.43. The number of carbonyl (C=O) groups is 1. The molecule has 0 spiro atoms. The fourth-order valence-electron chi connectivity index (χ4n) is 2.92. The molecule has 2 aromatic rings. The Hall–Kier alpha value is -2.48. The van der Waals surface area contributed by atoms with E-state index >= 15 is 0 Å². The highest BCUT2D eigenvalue weighted by Gasteiger charge is 2.31. The Balaban J connectivity index is 1.64. The van der Waals surface area contributed by atoms with E-state index in [0.29, 0.717) is 32.1 Å². The maximum absolute atomic E-state index is 12.7. The first-order valence-corrected chi connectivity index (χ1v) is 8.19. The Morgan fingerprint density at radius 2 is 2.08 bits per heavy atom. The number of aromatic nitrogens is 4. The normalized spacial score (nSPS) is 17.9. The Labute approximate surface area is 138 Å². The predicted octanol–water partition coefficient (Wildman–Crippen LogP) is 0.300. The quantitative estimate of drug-likeness (QED) is 0.806. The van der Waals surface area contributed by atoms with Gasteiger partial charge in [0, 0.05) is 37.1 Å². The molecule has 2 fully saturated rings. The lowest BCUT2D eigenvalue weighted by molar-refractivity contribution is -0.136. The Kier molecular flexibility index (Phi) is 3.89. The van der Waals surface area contributed by atoms with Gasteiger partial charge in [0.2, 0.25) is 5.91 Å². The van der Waals surface area contributed by atoms with E-state index in [0.717, 1.165) is 18.4 Å². The zero-order chi connectivity index (χ0) is 16.5. The number of hydrogen-bond acceptors (Lipinski definition) is 5. The molecule has 24 heavy (non-hydrogen) atoms. The van der Waals surface area contributed by atoms with Gasteiger partial charge in [-0.2, -0.15) is 0 Å². The van der Waals surface area contributed by atoms with Crippen molar-refractivity contribution in [2.24, 2.45) is 0 Å². The third-order valence-electron chi connectivity index (χ3n) is 4.35. The first kappa shape index (κ1) is 15.1. The standard InChI is InChI=1S/C16H19N5O3/c22-14(19-6-8-24-9-7-19)11-20-16(23)21(13-3-4-13)15(18-20)12-2-1-5-17-10-12/h1-2,5,10,13H,3-4,6-9,11H2. The fourth-order valence-corrected chi connectivity index (χ4v) is 2.92. The smallest absolute Gasteiger partial charge is 0.346 e. The van der Waals surface area contributed by atoms with Gasteiger partial charge < -0.3 is 9.64 Å². The number of nitrogens with zero attached hydrogens (tertiary/aromatic N) is 5. The van der Waals surface area contributed by atoms with E-state index in [9.17, 15) is 9.59 Å². The third-order valence-corrected chi connectivity index (χ3v) is 4.35. The van der Waals surface area contributed by atoms with Crippen LogP contribution in [0.25, 0.3) is 11.4 Å². The monoisotopic (exact) mass is 329 g/mol. The van der Waals surface area contributed by atoms with E-state index in [1.54, 1.807) is 21.9 Å². The zero-order valence-electron chi connectivity index (χ0n) is 13.3. The molecule has 2 aliphatic rings. The van der Waals surface area contributed by atoms with Crippen molar-refractivity contribution in [3.63, 3.8) is 0 Å². The van der Waals surface area contributed by atoms with Crippen LogP contribution < -0.4 is 5.69 Å². The molecule has 126 valence electrons. The second-order valence-corrected chi connectivity index (χ2v) is 6.10. The van der Waals surface area contributed by atoms with Crippen molar-refractivity contribution in [1.82, 2.24) is 24.2 Å². The molecule has 0 aromatic carbocycles. The summed E-state index contributed by atoms with van der Waals surface area (Å²) >= 11 is 0. The summed E-state index contributed by atoms with van der Waals surface area (Å²) < 4.78 is 8.23. The van der Waals surface area contributed by atoms with Crippen molar-refractivity contribution < 1.29 is 9.53 Å². The lowest BCUT2D eigenvalue weighted by atomic mass is 10.3. The summed E-state index contributed by atoms with van der Waals surface area (Å²) in [6, 6.07) is 3.87. The van der Waals surface area contributed by atoms with Gasteiger partial charge in [-0.05, 0) is 25.0 Å². The second-order valence-electron chi connectivity index (χ2n) is 6.10. The van der Waals surface area contributed by atoms with Gasteiger partial charge in [0.15, 0.2) is 5.82 Å². The van der Waals surface area contributed by atoms with Gasteiger partial charge in [-0.3, -0.25) is 14.3 Å². The van der Waals surface area contributed by atoms with Crippen molar-refractivity contribution in [2.45, 2.75) is 25.4 Å². The van der Waals surface area contributed by atoms with Gasteiger partial charge in [-0.25, -0.2) is 9.48 Å². The van der Waals surface area contributed by atoms with Crippen LogP contribution in [0.2, 0.25) is 0 Å². The van der Waals surface area contributed by atoms with E-state index in [2.05, 4.69) is 10.1 Å². The van der Waals surface area contributed by atoms with Crippen LogP contribution in [0, 0.1) is 0 Å². The molecular weight excluding hydrogens is 310 g/mol.